The first-order valence-electron chi connectivity index (χ1n) is 14.9. The highest BCUT2D eigenvalue weighted by atomic mass is 15.1. The molecule has 0 bridgehead atoms. The fourth-order valence-electron chi connectivity index (χ4n) is 5.03. The van der Waals surface area contributed by atoms with Gasteiger partial charge in [0, 0.05) is 6.42 Å². The van der Waals surface area contributed by atoms with Gasteiger partial charge in [0.15, 0.2) is 0 Å². The number of hydrogen-bond acceptors (Lipinski definition) is 0. The molecule has 1 aromatic heterocycles. The van der Waals surface area contributed by atoms with Crippen molar-refractivity contribution >= 4 is 0 Å². The van der Waals surface area contributed by atoms with E-state index >= 15 is 0 Å². The summed E-state index contributed by atoms with van der Waals surface area (Å²) in [5, 5.41) is 0. The lowest BCUT2D eigenvalue weighted by Crippen LogP contribution is -2.37. The Labute approximate surface area is 202 Å². The van der Waals surface area contributed by atoms with E-state index in [-0.39, 0.29) is 0 Å². The van der Waals surface area contributed by atoms with Crippen LogP contribution in [0.1, 0.15) is 161 Å². The molecule has 0 fully saturated rings. The number of rotatable bonds is 24. The Bertz CT molecular complexity index is 505. The van der Waals surface area contributed by atoms with Crippen LogP contribution in [0.4, 0.5) is 0 Å². The van der Waals surface area contributed by atoms with E-state index in [0.29, 0.717) is 0 Å². The zero-order valence-electron chi connectivity index (χ0n) is 22.5. The van der Waals surface area contributed by atoms with Gasteiger partial charge < -0.3 is 0 Å². The summed E-state index contributed by atoms with van der Waals surface area (Å²) >= 11 is 0. The second-order valence-corrected chi connectivity index (χ2v) is 10.2. The minimum atomic E-state index is 1.16. The van der Waals surface area contributed by atoms with E-state index in [1.54, 1.807) is 0 Å². The molecule has 188 valence electrons. The maximum absolute atomic E-state index is 2.53. The number of imidazole rings is 1. The fraction of sp³-hybridized carbons (Fsp3) is 0.900. The molecule has 0 atom stereocenters. The summed E-state index contributed by atoms with van der Waals surface area (Å²) < 4.78 is 5.06. The van der Waals surface area contributed by atoms with Gasteiger partial charge in [-0.25, -0.2) is 9.13 Å². The molecular formula is C30H59N2+. The molecule has 32 heavy (non-hydrogen) atoms. The molecule has 1 aromatic rings. The Morgan fingerprint density at radius 2 is 0.938 bits per heavy atom. The summed E-state index contributed by atoms with van der Waals surface area (Å²) in [6.45, 7) is 9.35. The predicted octanol–water partition coefficient (Wildman–Crippen LogP) is 9.57. The first-order chi connectivity index (χ1) is 15.8. The van der Waals surface area contributed by atoms with E-state index in [1.165, 1.54) is 154 Å². The molecule has 0 saturated heterocycles. The Morgan fingerprint density at radius 1 is 0.531 bits per heavy atom. The van der Waals surface area contributed by atoms with Gasteiger partial charge in [0.2, 0.25) is 0 Å². The molecule has 0 aliphatic carbocycles. The molecule has 0 N–H and O–H groups in total. The normalized spacial score (nSPS) is 11.5. The second kappa shape index (κ2) is 22.0. The van der Waals surface area contributed by atoms with Crippen molar-refractivity contribution in [3.8, 4) is 0 Å². The second-order valence-electron chi connectivity index (χ2n) is 10.2. The summed E-state index contributed by atoms with van der Waals surface area (Å²) in [5.41, 5.74) is 0. The number of hydrogen-bond donors (Lipinski definition) is 0. The van der Waals surface area contributed by atoms with Crippen LogP contribution in [0.3, 0.4) is 0 Å². The lowest BCUT2D eigenvalue weighted by molar-refractivity contribution is -0.704. The Balaban J connectivity index is 2.03. The van der Waals surface area contributed by atoms with E-state index in [9.17, 15) is 0 Å². The van der Waals surface area contributed by atoms with E-state index in [1.807, 2.05) is 0 Å². The molecule has 0 aliphatic rings. The molecule has 1 rings (SSSR count). The van der Waals surface area contributed by atoms with Gasteiger partial charge in [-0.05, 0) is 25.7 Å². The minimum Gasteiger partial charge on any atom is -0.234 e. The van der Waals surface area contributed by atoms with Gasteiger partial charge in [0.25, 0.3) is 5.82 Å². The Hall–Kier alpha value is -0.790. The first kappa shape index (κ1) is 29.2. The topological polar surface area (TPSA) is 8.81 Å². The van der Waals surface area contributed by atoms with Crippen LogP contribution < -0.4 is 4.57 Å². The molecule has 0 aromatic carbocycles. The van der Waals surface area contributed by atoms with Crippen LogP contribution in [-0.4, -0.2) is 4.57 Å². The van der Waals surface area contributed by atoms with Crippen LogP contribution in [0.25, 0.3) is 0 Å². The van der Waals surface area contributed by atoms with Crippen LogP contribution in [0.2, 0.25) is 0 Å². The molecule has 2 heteroatoms. The molecule has 0 spiro atoms. The van der Waals surface area contributed by atoms with Gasteiger partial charge in [0.05, 0.1) is 13.1 Å². The van der Waals surface area contributed by atoms with E-state index in [2.05, 4.69) is 42.3 Å². The molecule has 0 aliphatic heterocycles. The maximum atomic E-state index is 2.53. The molecule has 2 nitrogen and oxygen atoms in total. The van der Waals surface area contributed by atoms with Crippen LogP contribution in [-0.2, 0) is 19.5 Å². The van der Waals surface area contributed by atoms with Gasteiger partial charge in [0.1, 0.15) is 12.4 Å². The van der Waals surface area contributed by atoms with Crippen molar-refractivity contribution in [2.45, 2.75) is 175 Å². The van der Waals surface area contributed by atoms with Gasteiger partial charge in [-0.2, -0.15) is 0 Å². The SMILES string of the molecule is CCCCCCCCCCCCCC[n+]1ccn(CCCCCCCCCCC)c1CC. The molecule has 0 amide bonds. The Kier molecular flexibility index (Phi) is 20.1. The van der Waals surface area contributed by atoms with Gasteiger partial charge >= 0.3 is 0 Å². The third kappa shape index (κ3) is 15.1. The van der Waals surface area contributed by atoms with Crippen molar-refractivity contribution in [1.29, 1.82) is 0 Å². The number of unbranched alkanes of at least 4 members (excludes halogenated alkanes) is 19. The zero-order valence-corrected chi connectivity index (χ0v) is 22.5. The van der Waals surface area contributed by atoms with E-state index in [0.717, 1.165) is 6.42 Å². The standard InChI is InChI=1S/C30H59N2/c1-4-7-9-11-13-15-16-17-19-21-23-25-27-32-29-28-31(30(32)6-3)26-24-22-20-18-14-12-10-8-5-2/h28-29H,4-27H2,1-3H3/q+1. The van der Waals surface area contributed by atoms with Gasteiger partial charge in [-0.1, -0.05) is 130 Å². The molecular weight excluding hydrogens is 388 g/mol. The smallest absolute Gasteiger partial charge is 0.234 e. The third-order valence-corrected chi connectivity index (χ3v) is 7.16. The number of aryl methyl sites for hydroxylation is 2. The Morgan fingerprint density at radius 3 is 1.38 bits per heavy atom. The van der Waals surface area contributed by atoms with Crippen molar-refractivity contribution in [3.63, 3.8) is 0 Å². The lowest BCUT2D eigenvalue weighted by atomic mass is 10.1. The van der Waals surface area contributed by atoms with Gasteiger partial charge in [-0.15, -0.1) is 0 Å². The highest BCUT2D eigenvalue weighted by Crippen LogP contribution is 2.13. The zero-order chi connectivity index (χ0) is 23.1. The summed E-state index contributed by atoms with van der Waals surface area (Å²) in [6.07, 6.45) is 35.7. The van der Waals surface area contributed by atoms with Gasteiger partial charge in [-0.3, -0.25) is 0 Å². The highest BCUT2D eigenvalue weighted by molar-refractivity contribution is 4.83. The maximum Gasteiger partial charge on any atom is 0.256 e. The van der Waals surface area contributed by atoms with Crippen LogP contribution >= 0.6 is 0 Å². The van der Waals surface area contributed by atoms with Crippen LogP contribution in [0.5, 0.6) is 0 Å². The molecule has 1 heterocycles. The molecule has 0 saturated carbocycles. The first-order valence-corrected chi connectivity index (χ1v) is 14.9. The van der Waals surface area contributed by atoms with E-state index < -0.39 is 0 Å². The summed E-state index contributed by atoms with van der Waals surface area (Å²) in [5.74, 6) is 1.53. The summed E-state index contributed by atoms with van der Waals surface area (Å²) in [4.78, 5) is 0. The predicted molar refractivity (Wildman–Crippen MR) is 142 cm³/mol. The molecule has 0 radical (unpaired) electrons. The average Bonchev–Trinajstić information content (AvgIpc) is 3.20. The minimum absolute atomic E-state index is 1.16. The third-order valence-electron chi connectivity index (χ3n) is 7.16. The quantitative estimate of drug-likeness (QED) is 0.110. The largest absolute Gasteiger partial charge is 0.256 e. The average molecular weight is 448 g/mol. The fourth-order valence-corrected chi connectivity index (χ4v) is 5.03. The van der Waals surface area contributed by atoms with Crippen molar-refractivity contribution in [2.75, 3.05) is 0 Å². The highest BCUT2D eigenvalue weighted by Gasteiger charge is 2.14. The summed E-state index contributed by atoms with van der Waals surface area (Å²) in [6, 6.07) is 0. The van der Waals surface area contributed by atoms with Crippen molar-refractivity contribution in [1.82, 2.24) is 4.57 Å². The summed E-state index contributed by atoms with van der Waals surface area (Å²) in [7, 11) is 0. The number of aromatic nitrogens is 2. The molecule has 0 unspecified atom stereocenters. The van der Waals surface area contributed by atoms with Crippen LogP contribution in [0, 0.1) is 0 Å². The monoisotopic (exact) mass is 447 g/mol. The van der Waals surface area contributed by atoms with E-state index in [4.69, 9.17) is 0 Å². The van der Waals surface area contributed by atoms with Crippen LogP contribution in [0.15, 0.2) is 12.4 Å². The van der Waals surface area contributed by atoms with Crippen molar-refractivity contribution in [3.05, 3.63) is 18.2 Å². The lowest BCUT2D eigenvalue weighted by Gasteiger charge is -2.05. The van der Waals surface area contributed by atoms with Crippen molar-refractivity contribution in [2.24, 2.45) is 0 Å². The number of nitrogens with zero attached hydrogens (tertiary/aromatic N) is 2. The van der Waals surface area contributed by atoms with Crippen molar-refractivity contribution < 1.29 is 4.57 Å².